The second-order valence-corrected chi connectivity index (χ2v) is 8.93. The van der Waals surface area contributed by atoms with Gasteiger partial charge in [0, 0.05) is 15.6 Å². The zero-order valence-corrected chi connectivity index (χ0v) is 19.8. The van der Waals surface area contributed by atoms with E-state index in [4.69, 9.17) is 27.9 Å². The lowest BCUT2D eigenvalue weighted by Gasteiger charge is -2.23. The number of halogens is 2. The molecule has 0 saturated heterocycles. The predicted octanol–water partition coefficient (Wildman–Crippen LogP) is 5.06. The van der Waals surface area contributed by atoms with Crippen molar-refractivity contribution >= 4 is 51.5 Å². The number of carbonyl (C=O) groups is 2. The Morgan fingerprint density at radius 2 is 1.66 bits per heavy atom. The Hall–Kier alpha value is -2.68. The molecule has 1 aromatic heterocycles. The number of nitrogens with zero attached hydrogens (tertiary/aromatic N) is 2. The normalized spacial score (nSPS) is 12.6. The van der Waals surface area contributed by atoms with Crippen LogP contribution in [0.25, 0.3) is 10.6 Å². The second kappa shape index (κ2) is 11.3. The lowest BCUT2D eigenvalue weighted by Crippen LogP contribution is -2.49. The van der Waals surface area contributed by atoms with Gasteiger partial charge in [-0.3, -0.25) is 14.9 Å². The quantitative estimate of drug-likeness (QED) is 0.435. The summed E-state index contributed by atoms with van der Waals surface area (Å²) in [5.74, 6) is -0.353. The molecule has 32 heavy (non-hydrogen) atoms. The number of hydrogen-bond donors (Lipinski definition) is 2. The van der Waals surface area contributed by atoms with E-state index in [1.807, 2.05) is 26.0 Å². The fraction of sp³-hybridized carbons (Fsp3) is 0.273. The smallest absolute Gasteiger partial charge is 0.258 e. The summed E-state index contributed by atoms with van der Waals surface area (Å²) in [4.78, 5) is 25.3. The van der Waals surface area contributed by atoms with Gasteiger partial charge in [-0.15, -0.1) is 10.2 Å². The zero-order chi connectivity index (χ0) is 23.1. The van der Waals surface area contributed by atoms with E-state index in [-0.39, 0.29) is 18.4 Å². The number of amides is 2. The van der Waals surface area contributed by atoms with Crippen LogP contribution in [0.15, 0.2) is 48.5 Å². The van der Waals surface area contributed by atoms with Crippen molar-refractivity contribution in [3.63, 3.8) is 0 Å². The fourth-order valence-electron chi connectivity index (χ4n) is 2.76. The molecule has 2 amide bonds. The highest BCUT2D eigenvalue weighted by atomic mass is 35.5. The number of nitrogens with one attached hydrogen (secondary N) is 2. The number of hydrogen-bond acceptors (Lipinski definition) is 6. The van der Waals surface area contributed by atoms with Gasteiger partial charge in [-0.1, -0.05) is 66.9 Å². The van der Waals surface area contributed by atoms with Crippen LogP contribution in [0.3, 0.4) is 0 Å². The van der Waals surface area contributed by atoms with Gasteiger partial charge in [0.05, 0.1) is 0 Å². The Kier molecular flexibility index (Phi) is 8.44. The lowest BCUT2D eigenvalue weighted by atomic mass is 9.98. The van der Waals surface area contributed by atoms with Crippen LogP contribution in [0.5, 0.6) is 5.75 Å². The Labute approximate surface area is 200 Å². The third-order valence-electron chi connectivity index (χ3n) is 4.74. The number of aromatic nitrogens is 2. The minimum absolute atomic E-state index is 0.0989. The molecule has 10 heteroatoms. The van der Waals surface area contributed by atoms with E-state index in [0.717, 1.165) is 5.56 Å². The fourth-order valence-corrected chi connectivity index (χ4v) is 3.77. The molecule has 3 rings (SSSR count). The number of ether oxygens (including phenoxy) is 1. The van der Waals surface area contributed by atoms with Crippen molar-refractivity contribution in [3.05, 3.63) is 58.6 Å². The molecule has 0 aliphatic rings. The topological polar surface area (TPSA) is 93.2 Å². The molecule has 2 unspecified atom stereocenters. The first-order valence-electron chi connectivity index (χ1n) is 9.93. The van der Waals surface area contributed by atoms with Crippen LogP contribution in [0.2, 0.25) is 10.0 Å². The minimum Gasteiger partial charge on any atom is -0.484 e. The van der Waals surface area contributed by atoms with Gasteiger partial charge in [0.15, 0.2) is 6.61 Å². The van der Waals surface area contributed by atoms with Crippen LogP contribution in [-0.2, 0) is 9.59 Å². The predicted molar refractivity (Wildman–Crippen MR) is 127 cm³/mol. The van der Waals surface area contributed by atoms with Crippen molar-refractivity contribution in [2.45, 2.75) is 26.3 Å². The largest absolute Gasteiger partial charge is 0.484 e. The molecule has 2 aromatic carbocycles. The van der Waals surface area contributed by atoms with Gasteiger partial charge < -0.3 is 10.1 Å². The zero-order valence-electron chi connectivity index (χ0n) is 17.5. The van der Waals surface area contributed by atoms with E-state index >= 15 is 0 Å². The van der Waals surface area contributed by atoms with Crippen LogP contribution < -0.4 is 15.4 Å². The third-order valence-corrected chi connectivity index (χ3v) is 6.13. The summed E-state index contributed by atoms with van der Waals surface area (Å²) in [7, 11) is 0. The minimum atomic E-state index is -0.746. The molecular formula is C22H22Cl2N4O3S. The number of rotatable bonds is 9. The molecule has 1 heterocycles. The first kappa shape index (κ1) is 24.0. The Morgan fingerprint density at radius 3 is 2.28 bits per heavy atom. The molecule has 7 nitrogen and oxygen atoms in total. The molecule has 3 aromatic rings. The SMILES string of the molecule is CCC(C)C(NC(=O)COc1ccc(Cl)cc1)C(=O)Nc1nnc(-c2ccc(Cl)cc2)s1. The average Bonchev–Trinajstić information content (AvgIpc) is 3.25. The van der Waals surface area contributed by atoms with Gasteiger partial charge in [0.2, 0.25) is 11.0 Å². The van der Waals surface area contributed by atoms with Gasteiger partial charge in [0.1, 0.15) is 16.8 Å². The summed E-state index contributed by atoms with van der Waals surface area (Å²) >= 11 is 13.0. The van der Waals surface area contributed by atoms with Crippen molar-refractivity contribution in [1.82, 2.24) is 15.5 Å². The standard InChI is InChI=1S/C22H22Cl2N4O3S/c1-3-13(2)19(25-18(29)12-31-17-10-8-16(24)9-11-17)20(30)26-22-28-27-21(32-22)14-4-6-15(23)7-5-14/h4-11,13,19H,3,12H2,1-2H3,(H,25,29)(H,26,28,30). The molecule has 0 saturated carbocycles. The third kappa shape index (κ3) is 6.66. The highest BCUT2D eigenvalue weighted by molar-refractivity contribution is 7.18. The summed E-state index contributed by atoms with van der Waals surface area (Å²) in [6.45, 7) is 3.62. The van der Waals surface area contributed by atoms with Crippen molar-refractivity contribution < 1.29 is 14.3 Å². The van der Waals surface area contributed by atoms with E-state index in [2.05, 4.69) is 20.8 Å². The van der Waals surface area contributed by atoms with Gasteiger partial charge in [0.25, 0.3) is 5.91 Å². The highest BCUT2D eigenvalue weighted by Crippen LogP contribution is 2.27. The second-order valence-electron chi connectivity index (χ2n) is 7.08. The maximum atomic E-state index is 12.9. The molecule has 2 atom stereocenters. The molecule has 0 radical (unpaired) electrons. The first-order chi connectivity index (χ1) is 15.4. The van der Waals surface area contributed by atoms with Crippen molar-refractivity contribution in [2.24, 2.45) is 5.92 Å². The Morgan fingerprint density at radius 1 is 1.03 bits per heavy atom. The molecular weight excluding hydrogens is 471 g/mol. The van der Waals surface area contributed by atoms with E-state index < -0.39 is 11.9 Å². The van der Waals surface area contributed by atoms with Crippen LogP contribution >= 0.6 is 34.5 Å². The number of anilines is 1. The number of carbonyl (C=O) groups excluding carboxylic acids is 2. The van der Waals surface area contributed by atoms with Gasteiger partial charge in [-0.05, 0) is 42.3 Å². The Balaban J connectivity index is 1.61. The summed E-state index contributed by atoms with van der Waals surface area (Å²) in [6.07, 6.45) is 0.697. The molecule has 0 spiro atoms. The molecule has 0 fully saturated rings. The highest BCUT2D eigenvalue weighted by Gasteiger charge is 2.27. The van der Waals surface area contributed by atoms with Gasteiger partial charge >= 0.3 is 0 Å². The number of benzene rings is 2. The molecule has 0 bridgehead atoms. The van der Waals surface area contributed by atoms with E-state index in [1.54, 1.807) is 36.4 Å². The van der Waals surface area contributed by atoms with Crippen LogP contribution in [0, 0.1) is 5.92 Å². The summed E-state index contributed by atoms with van der Waals surface area (Å²) in [5.41, 5.74) is 0.846. The van der Waals surface area contributed by atoms with Gasteiger partial charge in [-0.2, -0.15) is 0 Å². The van der Waals surface area contributed by atoms with Crippen molar-refractivity contribution in [3.8, 4) is 16.3 Å². The first-order valence-corrected chi connectivity index (χ1v) is 11.5. The summed E-state index contributed by atoms with van der Waals surface area (Å²) in [5, 5.41) is 15.9. The van der Waals surface area contributed by atoms with Crippen LogP contribution in [0.1, 0.15) is 20.3 Å². The average molecular weight is 493 g/mol. The maximum absolute atomic E-state index is 12.9. The molecule has 0 aliphatic carbocycles. The summed E-state index contributed by atoms with van der Waals surface area (Å²) < 4.78 is 5.46. The van der Waals surface area contributed by atoms with Crippen molar-refractivity contribution in [1.29, 1.82) is 0 Å². The van der Waals surface area contributed by atoms with E-state index in [1.165, 1.54) is 11.3 Å². The Bertz CT molecular complexity index is 1060. The maximum Gasteiger partial charge on any atom is 0.258 e. The molecule has 0 aliphatic heterocycles. The lowest BCUT2D eigenvalue weighted by molar-refractivity contribution is -0.128. The molecule has 168 valence electrons. The monoisotopic (exact) mass is 492 g/mol. The van der Waals surface area contributed by atoms with Crippen LogP contribution in [-0.4, -0.2) is 34.7 Å². The van der Waals surface area contributed by atoms with Crippen LogP contribution in [0.4, 0.5) is 5.13 Å². The van der Waals surface area contributed by atoms with E-state index in [0.29, 0.717) is 32.4 Å². The molecule has 2 N–H and O–H groups in total. The summed E-state index contributed by atoms with van der Waals surface area (Å²) in [6, 6.07) is 13.1. The van der Waals surface area contributed by atoms with Crippen molar-refractivity contribution in [2.75, 3.05) is 11.9 Å². The van der Waals surface area contributed by atoms with E-state index in [9.17, 15) is 9.59 Å². The van der Waals surface area contributed by atoms with Gasteiger partial charge in [-0.25, -0.2) is 0 Å².